The zero-order valence-corrected chi connectivity index (χ0v) is 25.2. The van der Waals surface area contributed by atoms with Crippen molar-refractivity contribution in [3.63, 3.8) is 0 Å². The van der Waals surface area contributed by atoms with Crippen LogP contribution in [-0.2, 0) is 9.57 Å². The van der Waals surface area contributed by atoms with E-state index < -0.39 is 6.09 Å². The van der Waals surface area contributed by atoms with Gasteiger partial charge in [0.2, 0.25) is 0 Å². The van der Waals surface area contributed by atoms with E-state index in [1.54, 1.807) is 0 Å². The summed E-state index contributed by atoms with van der Waals surface area (Å²) in [4.78, 5) is 21.9. The van der Waals surface area contributed by atoms with Gasteiger partial charge >= 0.3 is 6.09 Å². The molecule has 2 saturated carbocycles. The monoisotopic (exact) mass is 551 g/mol. The Bertz CT molecular complexity index is 744. The van der Waals surface area contributed by atoms with Gasteiger partial charge in [-0.15, -0.1) is 0 Å². The Hall–Kier alpha value is -1.46. The maximum atomic E-state index is 12.1. The van der Waals surface area contributed by atoms with Crippen molar-refractivity contribution in [2.75, 3.05) is 40.0 Å². The lowest BCUT2D eigenvalue weighted by molar-refractivity contribution is 0.0299. The van der Waals surface area contributed by atoms with Gasteiger partial charge in [-0.2, -0.15) is 5.48 Å². The number of nitrogens with one attached hydrogen (secondary N) is 6. The van der Waals surface area contributed by atoms with Gasteiger partial charge in [-0.05, 0) is 50.9 Å². The van der Waals surface area contributed by atoms with Crippen LogP contribution in [0.4, 0.5) is 4.79 Å². The molecule has 0 radical (unpaired) electrons. The molecule has 0 aromatic rings. The minimum atomic E-state index is -0.511. The molecule has 39 heavy (non-hydrogen) atoms. The van der Waals surface area contributed by atoms with E-state index in [4.69, 9.17) is 14.6 Å². The lowest BCUT2D eigenvalue weighted by Gasteiger charge is -2.44. The molecular weight excluding hydrogens is 494 g/mol. The van der Waals surface area contributed by atoms with Crippen LogP contribution in [0.5, 0.6) is 0 Å². The second-order valence-corrected chi connectivity index (χ2v) is 12.0. The Morgan fingerprint density at radius 1 is 1.10 bits per heavy atom. The lowest BCUT2D eigenvalue weighted by atomic mass is 9.74. The number of rotatable bonds is 16. The molecule has 5 atom stereocenters. The van der Waals surface area contributed by atoms with Crippen LogP contribution in [0.25, 0.3) is 0 Å². The SMILES string of the molecule is CCNOC(=O)NCC(=NCN[C@H](C)C1CCC1)NC1CNC(CC2CCCCC2)(C(COC)C(C)CC)N1. The fourth-order valence-corrected chi connectivity index (χ4v) is 6.48. The lowest BCUT2D eigenvalue weighted by Crippen LogP contribution is -2.61. The molecule has 0 aromatic carbocycles. The normalized spacial score (nSPS) is 27.0. The number of ether oxygens (including phenoxy) is 1. The first-order valence-corrected chi connectivity index (χ1v) is 15.6. The van der Waals surface area contributed by atoms with Crippen LogP contribution in [0, 0.1) is 23.7 Å². The minimum absolute atomic E-state index is 0.00797. The summed E-state index contributed by atoms with van der Waals surface area (Å²) in [5.74, 6) is 3.05. The highest BCUT2D eigenvalue weighted by Crippen LogP contribution is 2.38. The Morgan fingerprint density at radius 3 is 2.51 bits per heavy atom. The summed E-state index contributed by atoms with van der Waals surface area (Å²) in [7, 11) is 1.81. The van der Waals surface area contributed by atoms with Gasteiger partial charge in [-0.25, -0.2) is 4.79 Å². The second kappa shape index (κ2) is 16.7. The summed E-state index contributed by atoms with van der Waals surface area (Å²) in [6, 6.07) is 0.440. The fraction of sp³-hybridized carbons (Fsp3) is 0.931. The van der Waals surface area contributed by atoms with Crippen molar-refractivity contribution in [3.8, 4) is 0 Å². The standard InChI is InChI=1S/C29H57N7O3/c1-6-21(3)25(19-38-5)29(16-23-12-9-8-10-13-23)33-18-27(36-29)35-26(17-30-28(37)39-34-7-2)32-20-31-22(4)24-14-11-15-24/h21-25,27,31,33-34,36H,6-20H2,1-5H3,(H,30,37)(H,32,35)/t21?,22-,25?,27?,29?/m1/s1. The zero-order valence-electron chi connectivity index (χ0n) is 25.2. The first kappa shape index (κ1) is 32.1. The summed E-state index contributed by atoms with van der Waals surface area (Å²) in [5, 5.41) is 17.9. The third-order valence-electron chi connectivity index (χ3n) is 9.29. The van der Waals surface area contributed by atoms with Crippen LogP contribution in [0.15, 0.2) is 4.99 Å². The largest absolute Gasteiger partial charge is 0.426 e. The van der Waals surface area contributed by atoms with Gasteiger partial charge in [0.05, 0.1) is 31.6 Å². The minimum Gasteiger partial charge on any atom is -0.384 e. The summed E-state index contributed by atoms with van der Waals surface area (Å²) >= 11 is 0. The maximum absolute atomic E-state index is 12.1. The predicted molar refractivity (Wildman–Crippen MR) is 157 cm³/mol. The van der Waals surface area contributed by atoms with Gasteiger partial charge in [0, 0.05) is 32.2 Å². The van der Waals surface area contributed by atoms with Crippen molar-refractivity contribution in [2.24, 2.45) is 28.7 Å². The van der Waals surface area contributed by atoms with Gasteiger partial charge in [0.15, 0.2) is 0 Å². The molecule has 6 N–H and O–H groups in total. The molecule has 0 spiro atoms. The molecule has 226 valence electrons. The quantitative estimate of drug-likeness (QED) is 0.0981. The number of hydroxylamine groups is 1. The van der Waals surface area contributed by atoms with Gasteiger partial charge in [0.1, 0.15) is 5.84 Å². The molecule has 4 unspecified atom stereocenters. The number of amides is 1. The molecule has 3 rings (SSSR count). The highest BCUT2D eigenvalue weighted by Gasteiger charge is 2.47. The van der Waals surface area contributed by atoms with Crippen molar-refractivity contribution in [1.82, 2.24) is 32.1 Å². The first-order valence-electron chi connectivity index (χ1n) is 15.6. The van der Waals surface area contributed by atoms with E-state index in [1.165, 1.54) is 51.4 Å². The van der Waals surface area contributed by atoms with Gasteiger partial charge in [-0.1, -0.05) is 58.8 Å². The smallest absolute Gasteiger partial charge is 0.384 e. The molecule has 1 saturated heterocycles. The molecule has 10 nitrogen and oxygen atoms in total. The highest BCUT2D eigenvalue weighted by atomic mass is 16.7. The molecule has 2 aliphatic carbocycles. The molecule has 10 heteroatoms. The van der Waals surface area contributed by atoms with E-state index in [2.05, 4.69) is 52.8 Å². The van der Waals surface area contributed by atoms with Crippen LogP contribution < -0.4 is 32.1 Å². The van der Waals surface area contributed by atoms with Crippen molar-refractivity contribution < 1.29 is 14.4 Å². The van der Waals surface area contributed by atoms with E-state index >= 15 is 0 Å². The molecule has 3 aliphatic rings. The van der Waals surface area contributed by atoms with Crippen molar-refractivity contribution in [3.05, 3.63) is 0 Å². The molecule has 0 aromatic heterocycles. The summed E-state index contributed by atoms with van der Waals surface area (Å²) in [6.07, 6.45) is 12.2. The summed E-state index contributed by atoms with van der Waals surface area (Å²) in [6.45, 7) is 11.6. The molecule has 3 fully saturated rings. The fourth-order valence-electron chi connectivity index (χ4n) is 6.48. The Kier molecular flexibility index (Phi) is 13.7. The molecule has 1 aliphatic heterocycles. The number of aliphatic imine (C=N–C) groups is 1. The number of carbonyl (C=O) groups is 1. The Morgan fingerprint density at radius 2 is 1.87 bits per heavy atom. The Balaban J connectivity index is 1.69. The molecule has 1 amide bonds. The van der Waals surface area contributed by atoms with Crippen molar-refractivity contribution in [2.45, 2.75) is 110 Å². The van der Waals surface area contributed by atoms with Crippen LogP contribution in [0.3, 0.4) is 0 Å². The topological polar surface area (TPSA) is 120 Å². The van der Waals surface area contributed by atoms with Crippen molar-refractivity contribution >= 4 is 11.9 Å². The molecule has 0 bridgehead atoms. The van der Waals surface area contributed by atoms with Crippen LogP contribution in [0.2, 0.25) is 0 Å². The number of hydrogen-bond donors (Lipinski definition) is 6. The van der Waals surface area contributed by atoms with E-state index in [-0.39, 0.29) is 18.4 Å². The number of hydrogen-bond acceptors (Lipinski definition) is 8. The van der Waals surface area contributed by atoms with E-state index in [9.17, 15) is 4.79 Å². The van der Waals surface area contributed by atoms with Crippen molar-refractivity contribution in [1.29, 1.82) is 0 Å². The van der Waals surface area contributed by atoms with E-state index in [0.29, 0.717) is 37.0 Å². The summed E-state index contributed by atoms with van der Waals surface area (Å²) < 4.78 is 5.78. The van der Waals surface area contributed by atoms with Gasteiger partial charge in [0.25, 0.3) is 0 Å². The van der Waals surface area contributed by atoms with E-state index in [0.717, 1.165) is 37.7 Å². The number of nitrogens with zero attached hydrogens (tertiary/aromatic N) is 1. The van der Waals surface area contributed by atoms with Gasteiger partial charge in [-0.3, -0.25) is 20.9 Å². The van der Waals surface area contributed by atoms with Crippen LogP contribution >= 0.6 is 0 Å². The molecule has 1 heterocycles. The highest BCUT2D eigenvalue weighted by molar-refractivity contribution is 5.87. The third-order valence-corrected chi connectivity index (χ3v) is 9.29. The number of amidine groups is 1. The predicted octanol–water partition coefficient (Wildman–Crippen LogP) is 3.46. The number of carbonyl (C=O) groups excluding carboxylic acids is 1. The maximum Gasteiger partial charge on any atom is 0.426 e. The number of methoxy groups -OCH3 is 1. The van der Waals surface area contributed by atoms with E-state index in [1.807, 2.05) is 14.0 Å². The van der Waals surface area contributed by atoms with Gasteiger partial charge < -0.3 is 20.2 Å². The Labute approximate surface area is 236 Å². The van der Waals surface area contributed by atoms with Crippen LogP contribution in [0.1, 0.15) is 91.9 Å². The molecular formula is C29H57N7O3. The zero-order chi connectivity index (χ0) is 28.1. The third kappa shape index (κ3) is 9.85. The summed E-state index contributed by atoms with van der Waals surface area (Å²) in [5.41, 5.74) is 2.40. The average molecular weight is 552 g/mol. The van der Waals surface area contributed by atoms with Crippen LogP contribution in [-0.4, -0.2) is 69.8 Å². The second-order valence-electron chi connectivity index (χ2n) is 12.0. The first-order chi connectivity index (χ1) is 18.9. The average Bonchev–Trinajstić information content (AvgIpc) is 3.30.